The molecule has 184 valence electrons. The van der Waals surface area contributed by atoms with Crippen molar-refractivity contribution < 1.29 is 14.4 Å². The molecular formula is C31H27N3O3. The fraction of sp³-hybridized carbons (Fsp3) is 0.129. The lowest BCUT2D eigenvalue weighted by molar-refractivity contribution is -0.121. The Morgan fingerprint density at radius 1 is 0.595 bits per heavy atom. The first-order valence-corrected chi connectivity index (χ1v) is 12.1. The number of carbonyl (C=O) groups is 3. The Morgan fingerprint density at radius 3 is 1.65 bits per heavy atom. The molecule has 0 N–H and O–H groups in total. The molecule has 0 atom stereocenters. The number of urea groups is 1. The van der Waals surface area contributed by atoms with Gasteiger partial charge in [-0.1, -0.05) is 42.5 Å². The van der Waals surface area contributed by atoms with E-state index in [1.165, 1.54) is 11.1 Å². The van der Waals surface area contributed by atoms with Gasteiger partial charge in [-0.3, -0.25) is 9.59 Å². The molecule has 0 radical (unpaired) electrons. The van der Waals surface area contributed by atoms with Crippen LogP contribution in [0.4, 0.5) is 16.2 Å². The first-order chi connectivity index (χ1) is 17.8. The van der Waals surface area contributed by atoms with Gasteiger partial charge in [0.15, 0.2) is 0 Å². The van der Waals surface area contributed by atoms with Crippen LogP contribution in [0, 0.1) is 27.7 Å². The maximum Gasteiger partial charge on any atom is 0.343 e. The van der Waals surface area contributed by atoms with E-state index in [1.807, 2.05) is 19.9 Å². The van der Waals surface area contributed by atoms with Gasteiger partial charge in [0.25, 0.3) is 11.8 Å². The van der Waals surface area contributed by atoms with Crippen LogP contribution in [0.1, 0.15) is 28.1 Å². The number of hydrogen-bond donors (Lipinski definition) is 0. The average molecular weight is 490 g/mol. The molecule has 4 aromatic rings. The van der Waals surface area contributed by atoms with Crippen molar-refractivity contribution in [2.75, 3.05) is 9.80 Å². The minimum atomic E-state index is -0.704. The molecule has 2 heterocycles. The Morgan fingerprint density at radius 2 is 1.14 bits per heavy atom. The minimum absolute atomic E-state index is 0.0763. The molecule has 0 spiro atoms. The van der Waals surface area contributed by atoms with Gasteiger partial charge in [-0.15, -0.1) is 0 Å². The summed E-state index contributed by atoms with van der Waals surface area (Å²) in [5.41, 5.74) is 6.72. The van der Waals surface area contributed by atoms with Gasteiger partial charge in [0.05, 0.1) is 11.4 Å². The molecule has 0 aliphatic carbocycles. The molecule has 37 heavy (non-hydrogen) atoms. The zero-order valence-electron chi connectivity index (χ0n) is 21.2. The number of barbiturate groups is 1. The van der Waals surface area contributed by atoms with Crippen LogP contribution in [0.5, 0.6) is 0 Å². The van der Waals surface area contributed by atoms with Gasteiger partial charge in [0, 0.05) is 17.1 Å². The highest BCUT2D eigenvalue weighted by atomic mass is 16.2. The molecule has 5 rings (SSSR count). The summed E-state index contributed by atoms with van der Waals surface area (Å²) in [5, 5.41) is 0. The summed E-state index contributed by atoms with van der Waals surface area (Å²) >= 11 is 0. The molecule has 1 aliphatic heterocycles. The number of nitrogens with zero attached hydrogens (tertiary/aromatic N) is 3. The largest absolute Gasteiger partial charge is 0.343 e. The summed E-state index contributed by atoms with van der Waals surface area (Å²) in [6, 6.07) is 24.8. The van der Waals surface area contributed by atoms with Gasteiger partial charge < -0.3 is 4.57 Å². The average Bonchev–Trinajstić information content (AvgIpc) is 3.17. The molecule has 1 aromatic heterocycles. The van der Waals surface area contributed by atoms with Gasteiger partial charge >= 0.3 is 6.03 Å². The second-order valence-corrected chi connectivity index (χ2v) is 9.22. The number of anilines is 2. The topological polar surface area (TPSA) is 62.6 Å². The fourth-order valence-electron chi connectivity index (χ4n) is 4.69. The summed E-state index contributed by atoms with van der Waals surface area (Å²) in [4.78, 5) is 42.9. The van der Waals surface area contributed by atoms with Crippen LogP contribution < -0.4 is 9.80 Å². The van der Waals surface area contributed by atoms with Crippen molar-refractivity contribution in [1.82, 2.24) is 4.57 Å². The van der Waals surface area contributed by atoms with E-state index in [0.717, 1.165) is 32.4 Å². The normalized spacial score (nSPS) is 13.9. The van der Waals surface area contributed by atoms with Crippen molar-refractivity contribution in [1.29, 1.82) is 0 Å². The molecule has 0 bridgehead atoms. The molecule has 6 nitrogen and oxygen atoms in total. The monoisotopic (exact) mass is 489 g/mol. The van der Waals surface area contributed by atoms with Crippen molar-refractivity contribution in [3.63, 3.8) is 0 Å². The van der Waals surface area contributed by atoms with Crippen molar-refractivity contribution in [3.05, 3.63) is 119 Å². The zero-order chi connectivity index (χ0) is 26.3. The molecular weight excluding hydrogens is 462 g/mol. The SMILES string of the molecule is Cc1ccc(-n2c(C)cc(C=C3C(=O)N(c4ccccc4)C(=O)N(c4ccccc4)C3=O)c2C)cc1C. The van der Waals surface area contributed by atoms with Crippen molar-refractivity contribution in [3.8, 4) is 5.69 Å². The van der Waals surface area contributed by atoms with Crippen LogP contribution in [0.3, 0.4) is 0 Å². The van der Waals surface area contributed by atoms with Gasteiger partial charge in [-0.05, 0) is 92.9 Å². The summed E-state index contributed by atoms with van der Waals surface area (Å²) < 4.78 is 2.10. The van der Waals surface area contributed by atoms with Crippen molar-refractivity contribution in [2.45, 2.75) is 27.7 Å². The van der Waals surface area contributed by atoms with E-state index in [9.17, 15) is 14.4 Å². The van der Waals surface area contributed by atoms with E-state index < -0.39 is 17.8 Å². The molecule has 0 unspecified atom stereocenters. The molecule has 3 aromatic carbocycles. The first-order valence-electron chi connectivity index (χ1n) is 12.1. The molecule has 1 aliphatic rings. The van der Waals surface area contributed by atoms with E-state index in [2.05, 4.69) is 36.6 Å². The number of aryl methyl sites for hydroxylation is 3. The van der Waals surface area contributed by atoms with Gasteiger partial charge in [0.1, 0.15) is 5.57 Å². The van der Waals surface area contributed by atoms with E-state index in [4.69, 9.17) is 0 Å². The molecule has 0 saturated carbocycles. The van der Waals surface area contributed by atoms with E-state index in [-0.39, 0.29) is 5.57 Å². The number of benzene rings is 3. The Bertz CT molecular complexity index is 1500. The van der Waals surface area contributed by atoms with Crippen LogP contribution in [-0.2, 0) is 9.59 Å². The number of carbonyl (C=O) groups excluding carboxylic acids is 3. The standard InChI is InChI=1S/C31H27N3O3/c1-20-15-16-27(17-21(20)2)32-22(3)18-24(23(32)4)19-28-29(35)33(25-11-7-5-8-12-25)31(37)34(30(28)36)26-13-9-6-10-14-26/h5-19H,1-4H3. The number of para-hydroxylation sites is 2. The third-order valence-corrected chi connectivity index (χ3v) is 6.80. The first kappa shape index (κ1) is 24.0. The summed E-state index contributed by atoms with van der Waals surface area (Å²) in [5.74, 6) is -1.30. The zero-order valence-corrected chi connectivity index (χ0v) is 21.2. The number of imide groups is 2. The van der Waals surface area contributed by atoms with Crippen LogP contribution in [0.15, 0.2) is 90.5 Å². The summed E-state index contributed by atoms with van der Waals surface area (Å²) in [6.45, 7) is 8.09. The predicted octanol–water partition coefficient (Wildman–Crippen LogP) is 6.29. The summed E-state index contributed by atoms with van der Waals surface area (Å²) in [7, 11) is 0. The summed E-state index contributed by atoms with van der Waals surface area (Å²) in [6.07, 6.45) is 1.60. The molecule has 1 fully saturated rings. The van der Waals surface area contributed by atoms with Crippen LogP contribution in [-0.4, -0.2) is 22.4 Å². The fourth-order valence-corrected chi connectivity index (χ4v) is 4.69. The third kappa shape index (κ3) is 4.16. The smallest absolute Gasteiger partial charge is 0.318 e. The highest BCUT2D eigenvalue weighted by Gasteiger charge is 2.43. The van der Waals surface area contributed by atoms with Crippen molar-refractivity contribution in [2.24, 2.45) is 0 Å². The Labute approximate surface area is 216 Å². The lowest BCUT2D eigenvalue weighted by atomic mass is 10.0. The number of amides is 4. The highest BCUT2D eigenvalue weighted by molar-refractivity contribution is 6.46. The van der Waals surface area contributed by atoms with Crippen LogP contribution >= 0.6 is 0 Å². The van der Waals surface area contributed by atoms with Gasteiger partial charge in [0.2, 0.25) is 0 Å². The minimum Gasteiger partial charge on any atom is -0.318 e. The van der Waals surface area contributed by atoms with E-state index in [0.29, 0.717) is 11.4 Å². The van der Waals surface area contributed by atoms with E-state index >= 15 is 0 Å². The lowest BCUT2D eigenvalue weighted by Crippen LogP contribution is -2.57. The quantitative estimate of drug-likeness (QED) is 0.250. The second-order valence-electron chi connectivity index (χ2n) is 9.22. The highest BCUT2D eigenvalue weighted by Crippen LogP contribution is 2.31. The third-order valence-electron chi connectivity index (χ3n) is 6.80. The maximum atomic E-state index is 13.7. The Hall–Kier alpha value is -4.71. The van der Waals surface area contributed by atoms with Crippen LogP contribution in [0.25, 0.3) is 11.8 Å². The number of rotatable bonds is 4. The maximum absolute atomic E-state index is 13.7. The predicted molar refractivity (Wildman–Crippen MR) is 146 cm³/mol. The van der Waals surface area contributed by atoms with Crippen molar-refractivity contribution >= 4 is 35.3 Å². The van der Waals surface area contributed by atoms with E-state index in [1.54, 1.807) is 66.7 Å². The van der Waals surface area contributed by atoms with Gasteiger partial charge in [-0.2, -0.15) is 0 Å². The second kappa shape index (κ2) is 9.39. The lowest BCUT2D eigenvalue weighted by Gasteiger charge is -2.33. The Balaban J connectivity index is 1.65. The molecule has 4 amide bonds. The van der Waals surface area contributed by atoms with Gasteiger partial charge in [-0.25, -0.2) is 14.6 Å². The number of hydrogen-bond acceptors (Lipinski definition) is 3. The molecule has 6 heteroatoms. The van der Waals surface area contributed by atoms with Crippen LogP contribution in [0.2, 0.25) is 0 Å². The Kier molecular flexibility index (Phi) is 6.09. The molecule has 1 saturated heterocycles. The number of aromatic nitrogens is 1.